The fourth-order valence-corrected chi connectivity index (χ4v) is 3.37. The van der Waals surface area contributed by atoms with Gasteiger partial charge in [-0.05, 0) is 35.6 Å². The molecule has 0 fully saturated rings. The average molecular weight is 278 g/mol. The molecule has 0 spiro atoms. The number of anilines is 1. The zero-order valence-corrected chi connectivity index (χ0v) is 12.0. The van der Waals surface area contributed by atoms with Crippen LogP contribution in [0.5, 0.6) is 0 Å². The van der Waals surface area contributed by atoms with Crippen LogP contribution in [0.2, 0.25) is 0 Å². The first-order valence-corrected chi connectivity index (χ1v) is 7.54. The standard InChI is InChI=1S/C18H18N2O/c21-18(20-12-10-15-6-3-4-8-17(15)20)19-11-9-14-5-1-2-7-16(14)13-19/h1-8H,9-13H2. The van der Waals surface area contributed by atoms with Crippen LogP contribution in [0.1, 0.15) is 16.7 Å². The van der Waals surface area contributed by atoms with Crippen LogP contribution in [-0.2, 0) is 19.4 Å². The van der Waals surface area contributed by atoms with Gasteiger partial charge in [0.15, 0.2) is 0 Å². The lowest BCUT2D eigenvalue weighted by molar-refractivity contribution is 0.199. The molecule has 2 aromatic carbocycles. The van der Waals surface area contributed by atoms with Gasteiger partial charge in [0, 0.05) is 25.3 Å². The van der Waals surface area contributed by atoms with Gasteiger partial charge in [-0.15, -0.1) is 0 Å². The number of urea groups is 1. The summed E-state index contributed by atoms with van der Waals surface area (Å²) in [6.07, 6.45) is 1.92. The normalized spacial score (nSPS) is 16.6. The van der Waals surface area contributed by atoms with E-state index >= 15 is 0 Å². The Labute approximate surface area is 124 Å². The molecule has 2 heterocycles. The van der Waals surface area contributed by atoms with Crippen LogP contribution in [-0.4, -0.2) is 24.0 Å². The van der Waals surface area contributed by atoms with E-state index in [9.17, 15) is 4.79 Å². The number of hydrogen-bond donors (Lipinski definition) is 0. The van der Waals surface area contributed by atoms with Crippen molar-refractivity contribution in [2.24, 2.45) is 0 Å². The molecule has 0 bridgehead atoms. The summed E-state index contributed by atoms with van der Waals surface area (Å²) in [6, 6.07) is 16.8. The first kappa shape index (κ1) is 12.5. The van der Waals surface area contributed by atoms with Gasteiger partial charge in [0.05, 0.1) is 0 Å². The van der Waals surface area contributed by atoms with Gasteiger partial charge in [-0.1, -0.05) is 42.5 Å². The van der Waals surface area contributed by atoms with Crippen molar-refractivity contribution in [3.63, 3.8) is 0 Å². The maximum absolute atomic E-state index is 12.8. The molecule has 0 radical (unpaired) electrons. The highest BCUT2D eigenvalue weighted by molar-refractivity contribution is 5.94. The molecule has 0 saturated carbocycles. The molecular weight excluding hydrogens is 260 g/mol. The van der Waals surface area contributed by atoms with E-state index < -0.39 is 0 Å². The van der Waals surface area contributed by atoms with Gasteiger partial charge >= 0.3 is 6.03 Å². The van der Waals surface area contributed by atoms with Crippen LogP contribution < -0.4 is 4.90 Å². The minimum Gasteiger partial charge on any atom is -0.320 e. The average Bonchev–Trinajstić information content (AvgIpc) is 2.98. The zero-order valence-electron chi connectivity index (χ0n) is 12.0. The van der Waals surface area contributed by atoms with Gasteiger partial charge in [0.1, 0.15) is 0 Å². The maximum Gasteiger partial charge on any atom is 0.324 e. The van der Waals surface area contributed by atoms with E-state index in [0.717, 1.165) is 38.2 Å². The molecule has 2 amide bonds. The van der Waals surface area contributed by atoms with E-state index in [2.05, 4.69) is 36.4 Å². The van der Waals surface area contributed by atoms with Crippen LogP contribution in [0.3, 0.4) is 0 Å². The minimum atomic E-state index is 0.148. The predicted molar refractivity (Wildman–Crippen MR) is 83.4 cm³/mol. The topological polar surface area (TPSA) is 23.6 Å². The molecule has 2 aliphatic heterocycles. The summed E-state index contributed by atoms with van der Waals surface area (Å²) in [5.41, 5.74) is 5.03. The summed E-state index contributed by atoms with van der Waals surface area (Å²) < 4.78 is 0. The van der Waals surface area contributed by atoms with E-state index in [4.69, 9.17) is 0 Å². The Morgan fingerprint density at radius 3 is 2.33 bits per heavy atom. The van der Waals surface area contributed by atoms with Crippen molar-refractivity contribution in [3.8, 4) is 0 Å². The fraction of sp³-hybridized carbons (Fsp3) is 0.278. The van der Waals surface area contributed by atoms with Crippen molar-refractivity contribution in [1.29, 1.82) is 0 Å². The third-order valence-electron chi connectivity index (χ3n) is 4.52. The van der Waals surface area contributed by atoms with E-state index in [0.29, 0.717) is 0 Å². The lowest BCUT2D eigenvalue weighted by Crippen LogP contribution is -2.44. The van der Waals surface area contributed by atoms with Gasteiger partial charge in [0.2, 0.25) is 0 Å². The number of fused-ring (bicyclic) bond motifs is 2. The molecule has 4 rings (SSSR count). The first-order valence-electron chi connectivity index (χ1n) is 7.54. The molecule has 3 nitrogen and oxygen atoms in total. The van der Waals surface area contributed by atoms with Gasteiger partial charge < -0.3 is 4.90 Å². The largest absolute Gasteiger partial charge is 0.324 e. The van der Waals surface area contributed by atoms with Gasteiger partial charge in [0.25, 0.3) is 0 Å². The molecule has 0 unspecified atom stereocenters. The Kier molecular flexibility index (Phi) is 2.92. The quantitative estimate of drug-likeness (QED) is 0.725. The number of carbonyl (C=O) groups excluding carboxylic acids is 1. The van der Waals surface area contributed by atoms with Crippen molar-refractivity contribution in [1.82, 2.24) is 4.90 Å². The number of nitrogens with zero attached hydrogens (tertiary/aromatic N) is 2. The summed E-state index contributed by atoms with van der Waals surface area (Å²) in [7, 11) is 0. The second-order valence-corrected chi connectivity index (χ2v) is 5.75. The van der Waals surface area contributed by atoms with Gasteiger partial charge in [-0.25, -0.2) is 4.79 Å². The molecule has 2 aliphatic rings. The first-order chi connectivity index (χ1) is 10.3. The van der Waals surface area contributed by atoms with Crippen molar-refractivity contribution >= 4 is 11.7 Å². The summed E-state index contributed by atoms with van der Waals surface area (Å²) >= 11 is 0. The highest BCUT2D eigenvalue weighted by Crippen LogP contribution is 2.29. The zero-order chi connectivity index (χ0) is 14.2. The van der Waals surface area contributed by atoms with Crippen molar-refractivity contribution in [3.05, 3.63) is 65.2 Å². The molecule has 106 valence electrons. The van der Waals surface area contributed by atoms with Crippen LogP contribution in [0.15, 0.2) is 48.5 Å². The summed E-state index contributed by atoms with van der Waals surface area (Å²) in [4.78, 5) is 16.7. The number of hydrogen-bond acceptors (Lipinski definition) is 1. The Hall–Kier alpha value is -2.29. The number of para-hydroxylation sites is 1. The van der Waals surface area contributed by atoms with Crippen LogP contribution in [0.25, 0.3) is 0 Å². The minimum absolute atomic E-state index is 0.148. The molecule has 2 aromatic rings. The molecule has 0 N–H and O–H groups in total. The third-order valence-corrected chi connectivity index (χ3v) is 4.52. The Bertz CT molecular complexity index is 695. The lowest BCUT2D eigenvalue weighted by Gasteiger charge is -2.32. The third kappa shape index (κ3) is 2.09. The Morgan fingerprint density at radius 2 is 1.48 bits per heavy atom. The molecule has 0 atom stereocenters. The number of carbonyl (C=O) groups is 1. The predicted octanol–water partition coefficient (Wildman–Crippen LogP) is 3.23. The molecule has 0 aliphatic carbocycles. The second-order valence-electron chi connectivity index (χ2n) is 5.75. The summed E-state index contributed by atoms with van der Waals surface area (Å²) in [5, 5.41) is 0. The van der Waals surface area contributed by atoms with E-state index in [1.54, 1.807) is 0 Å². The lowest BCUT2D eigenvalue weighted by atomic mass is 10.0. The molecular formula is C18H18N2O. The maximum atomic E-state index is 12.8. The summed E-state index contributed by atoms with van der Waals surface area (Å²) in [5.74, 6) is 0. The SMILES string of the molecule is O=C(N1CCc2ccccc2C1)N1CCc2ccccc21. The van der Waals surface area contributed by atoms with Crippen LogP contribution in [0.4, 0.5) is 10.5 Å². The highest BCUT2D eigenvalue weighted by Gasteiger charge is 2.29. The number of amides is 2. The Balaban J connectivity index is 1.57. The van der Waals surface area contributed by atoms with E-state index in [-0.39, 0.29) is 6.03 Å². The number of rotatable bonds is 0. The monoisotopic (exact) mass is 278 g/mol. The van der Waals surface area contributed by atoms with Crippen molar-refractivity contribution < 1.29 is 4.79 Å². The van der Waals surface area contributed by atoms with Gasteiger partial charge in [-0.2, -0.15) is 0 Å². The van der Waals surface area contributed by atoms with Crippen molar-refractivity contribution in [2.75, 3.05) is 18.0 Å². The van der Waals surface area contributed by atoms with E-state index in [1.165, 1.54) is 16.7 Å². The fourth-order valence-electron chi connectivity index (χ4n) is 3.37. The molecule has 21 heavy (non-hydrogen) atoms. The van der Waals surface area contributed by atoms with Gasteiger partial charge in [-0.3, -0.25) is 4.90 Å². The van der Waals surface area contributed by atoms with E-state index in [1.807, 2.05) is 21.9 Å². The van der Waals surface area contributed by atoms with Crippen molar-refractivity contribution in [2.45, 2.75) is 19.4 Å². The molecule has 3 heteroatoms. The summed E-state index contributed by atoms with van der Waals surface area (Å²) in [6.45, 7) is 2.35. The van der Waals surface area contributed by atoms with Crippen LogP contribution >= 0.6 is 0 Å². The number of benzene rings is 2. The molecule has 0 aromatic heterocycles. The second kappa shape index (κ2) is 4.92. The smallest absolute Gasteiger partial charge is 0.320 e. The molecule has 0 saturated heterocycles. The Morgan fingerprint density at radius 1 is 0.810 bits per heavy atom. The highest BCUT2D eigenvalue weighted by atomic mass is 16.2. The van der Waals surface area contributed by atoms with Crippen LogP contribution in [0, 0.1) is 0 Å².